The Bertz CT molecular complexity index is 633. The highest BCUT2D eigenvalue weighted by atomic mass is 32.3. The van der Waals surface area contributed by atoms with Gasteiger partial charge in [-0.2, -0.15) is 8.42 Å². The summed E-state index contributed by atoms with van der Waals surface area (Å²) in [6.45, 7) is 1.29. The van der Waals surface area contributed by atoms with Crippen LogP contribution in [0.5, 0.6) is 0 Å². The highest BCUT2D eigenvalue weighted by Gasteiger charge is 2.26. The van der Waals surface area contributed by atoms with Crippen LogP contribution in [0.25, 0.3) is 11.0 Å². The van der Waals surface area contributed by atoms with Gasteiger partial charge in [-0.05, 0) is 19.1 Å². The molecule has 0 fully saturated rings. The average molecular weight is 242 g/mol. The van der Waals surface area contributed by atoms with Gasteiger partial charge in [-0.15, -0.1) is 3.89 Å². The van der Waals surface area contributed by atoms with Crippen molar-refractivity contribution in [2.24, 2.45) is 7.05 Å². The van der Waals surface area contributed by atoms with Crippen LogP contribution in [-0.4, -0.2) is 18.0 Å². The van der Waals surface area contributed by atoms with E-state index >= 15 is 0 Å². The van der Waals surface area contributed by atoms with Crippen molar-refractivity contribution in [3.63, 3.8) is 0 Å². The number of benzene rings is 1. The molecule has 0 aliphatic rings. The van der Waals surface area contributed by atoms with Crippen LogP contribution < -0.4 is 0 Å². The third kappa shape index (κ3) is 1.69. The van der Waals surface area contributed by atoms with Gasteiger partial charge in [-0.1, -0.05) is 12.1 Å². The molecule has 0 aliphatic heterocycles. The Morgan fingerprint density at radius 3 is 2.56 bits per heavy atom. The first-order valence-corrected chi connectivity index (χ1v) is 6.21. The van der Waals surface area contributed by atoms with Gasteiger partial charge >= 0.3 is 10.2 Å². The van der Waals surface area contributed by atoms with Crippen molar-refractivity contribution in [1.82, 2.24) is 9.55 Å². The van der Waals surface area contributed by atoms with Crippen LogP contribution in [0.2, 0.25) is 0 Å². The molecule has 16 heavy (non-hydrogen) atoms. The quantitative estimate of drug-likeness (QED) is 0.756. The minimum Gasteiger partial charge on any atom is -0.330 e. The Morgan fingerprint density at radius 1 is 1.38 bits per heavy atom. The normalized spacial score (nSPS) is 14.2. The molecule has 0 aliphatic carbocycles. The Balaban J connectivity index is 2.67. The first-order valence-electron chi connectivity index (χ1n) is 4.76. The zero-order chi connectivity index (χ0) is 11.9. The van der Waals surface area contributed by atoms with Gasteiger partial charge in [0.05, 0.1) is 11.0 Å². The van der Waals surface area contributed by atoms with E-state index in [0.717, 1.165) is 5.52 Å². The topological polar surface area (TPSA) is 52.0 Å². The number of hydrogen-bond donors (Lipinski definition) is 0. The Labute approximate surface area is 92.9 Å². The van der Waals surface area contributed by atoms with Gasteiger partial charge in [-0.25, -0.2) is 4.98 Å². The zero-order valence-electron chi connectivity index (χ0n) is 8.88. The molecule has 1 unspecified atom stereocenters. The van der Waals surface area contributed by atoms with E-state index in [4.69, 9.17) is 0 Å². The van der Waals surface area contributed by atoms with Crippen LogP contribution in [0.15, 0.2) is 24.3 Å². The Morgan fingerprint density at radius 2 is 2.00 bits per heavy atom. The summed E-state index contributed by atoms with van der Waals surface area (Å²) in [5, 5.41) is -1.25. The largest absolute Gasteiger partial charge is 0.330 e. The van der Waals surface area contributed by atoms with Gasteiger partial charge in [0, 0.05) is 7.05 Å². The van der Waals surface area contributed by atoms with E-state index < -0.39 is 15.5 Å². The summed E-state index contributed by atoms with van der Waals surface area (Å²) >= 11 is 0. The SMILES string of the molecule is CC(c1nc2ccccc2n1C)S(=O)(=O)F. The van der Waals surface area contributed by atoms with Gasteiger partial charge < -0.3 is 4.57 Å². The molecule has 2 rings (SSSR count). The maximum Gasteiger partial charge on any atom is 0.312 e. The predicted molar refractivity (Wildman–Crippen MR) is 59.2 cm³/mol. The first-order chi connectivity index (χ1) is 7.41. The van der Waals surface area contributed by atoms with E-state index in [9.17, 15) is 12.3 Å². The fraction of sp³-hybridized carbons (Fsp3) is 0.300. The number of nitrogens with zero attached hydrogens (tertiary/aromatic N) is 2. The second-order valence-corrected chi connectivity index (χ2v) is 5.29. The van der Waals surface area contributed by atoms with Crippen molar-refractivity contribution in [2.45, 2.75) is 12.2 Å². The lowest BCUT2D eigenvalue weighted by molar-refractivity contribution is 0.535. The number of rotatable bonds is 2. The lowest BCUT2D eigenvalue weighted by atomic mass is 10.3. The second kappa shape index (κ2) is 3.55. The lowest BCUT2D eigenvalue weighted by Crippen LogP contribution is -2.09. The molecule has 0 amide bonds. The lowest BCUT2D eigenvalue weighted by Gasteiger charge is -2.06. The van der Waals surface area contributed by atoms with Crippen LogP contribution in [0.1, 0.15) is 18.0 Å². The van der Waals surface area contributed by atoms with E-state index in [1.165, 1.54) is 6.92 Å². The molecule has 1 heterocycles. The van der Waals surface area contributed by atoms with Crippen molar-refractivity contribution >= 4 is 21.3 Å². The highest BCUT2D eigenvalue weighted by molar-refractivity contribution is 7.86. The van der Waals surface area contributed by atoms with Crippen LogP contribution >= 0.6 is 0 Å². The molecule has 1 aromatic carbocycles. The molecule has 0 saturated heterocycles. The monoisotopic (exact) mass is 242 g/mol. The molecule has 4 nitrogen and oxygen atoms in total. The fourth-order valence-electron chi connectivity index (χ4n) is 1.65. The van der Waals surface area contributed by atoms with E-state index in [1.807, 2.05) is 12.1 Å². The van der Waals surface area contributed by atoms with Crippen molar-refractivity contribution in [3.05, 3.63) is 30.1 Å². The number of para-hydroxylation sites is 2. The summed E-state index contributed by atoms with van der Waals surface area (Å²) in [6, 6.07) is 7.19. The summed E-state index contributed by atoms with van der Waals surface area (Å²) in [5.41, 5.74) is 1.45. The number of imidazole rings is 1. The predicted octanol–water partition coefficient (Wildman–Crippen LogP) is 1.93. The van der Waals surface area contributed by atoms with Crippen LogP contribution in [0.4, 0.5) is 3.89 Å². The van der Waals surface area contributed by atoms with E-state index in [-0.39, 0.29) is 5.82 Å². The molecular weight excluding hydrogens is 231 g/mol. The third-order valence-electron chi connectivity index (χ3n) is 2.61. The molecule has 2 aromatic rings. The van der Waals surface area contributed by atoms with Crippen molar-refractivity contribution < 1.29 is 12.3 Å². The minimum atomic E-state index is -4.61. The van der Waals surface area contributed by atoms with Crippen LogP contribution in [0, 0.1) is 0 Å². The molecule has 0 bridgehead atoms. The number of hydrogen-bond acceptors (Lipinski definition) is 3. The third-order valence-corrected chi connectivity index (χ3v) is 3.66. The molecule has 0 N–H and O–H groups in total. The summed E-state index contributed by atoms with van der Waals surface area (Å²) in [4.78, 5) is 4.12. The van der Waals surface area contributed by atoms with Crippen LogP contribution in [0.3, 0.4) is 0 Å². The van der Waals surface area contributed by atoms with Crippen molar-refractivity contribution in [3.8, 4) is 0 Å². The Kier molecular flexibility index (Phi) is 2.46. The summed E-state index contributed by atoms with van der Waals surface area (Å²) < 4.78 is 36.2. The molecule has 0 saturated carbocycles. The van der Waals surface area contributed by atoms with Gasteiger partial charge in [0.2, 0.25) is 0 Å². The van der Waals surface area contributed by atoms with E-state index in [2.05, 4.69) is 4.98 Å². The van der Waals surface area contributed by atoms with Gasteiger partial charge in [-0.3, -0.25) is 0 Å². The standard InChI is InChI=1S/C10H11FN2O2S/c1-7(16(11,14)15)10-12-8-5-3-4-6-9(8)13(10)2/h3-7H,1-2H3. The number of aryl methyl sites for hydroxylation is 1. The molecule has 86 valence electrons. The molecule has 6 heteroatoms. The smallest absolute Gasteiger partial charge is 0.312 e. The summed E-state index contributed by atoms with van der Waals surface area (Å²) in [5.74, 6) is 0.212. The van der Waals surface area contributed by atoms with Gasteiger partial charge in [0.15, 0.2) is 0 Å². The number of halogens is 1. The summed E-state index contributed by atoms with van der Waals surface area (Å²) in [6.07, 6.45) is 0. The van der Waals surface area contributed by atoms with Gasteiger partial charge in [0.1, 0.15) is 11.1 Å². The maximum atomic E-state index is 12.9. The zero-order valence-corrected chi connectivity index (χ0v) is 9.70. The molecular formula is C10H11FN2O2S. The molecule has 0 spiro atoms. The second-order valence-electron chi connectivity index (χ2n) is 3.64. The minimum absolute atomic E-state index is 0.212. The molecule has 1 aromatic heterocycles. The average Bonchev–Trinajstić information content (AvgIpc) is 2.54. The van der Waals surface area contributed by atoms with E-state index in [1.54, 1.807) is 23.7 Å². The van der Waals surface area contributed by atoms with Crippen molar-refractivity contribution in [2.75, 3.05) is 0 Å². The molecule has 0 radical (unpaired) electrons. The highest BCUT2D eigenvalue weighted by Crippen LogP contribution is 2.25. The van der Waals surface area contributed by atoms with Crippen LogP contribution in [-0.2, 0) is 17.3 Å². The summed E-state index contributed by atoms with van der Waals surface area (Å²) in [7, 11) is -2.94. The molecule has 1 atom stereocenters. The number of aromatic nitrogens is 2. The number of fused-ring (bicyclic) bond motifs is 1. The Hall–Kier alpha value is -1.43. The van der Waals surface area contributed by atoms with Crippen molar-refractivity contribution in [1.29, 1.82) is 0 Å². The van der Waals surface area contributed by atoms with Gasteiger partial charge in [0.25, 0.3) is 0 Å². The fourth-order valence-corrected chi connectivity index (χ4v) is 2.12. The van der Waals surface area contributed by atoms with E-state index in [0.29, 0.717) is 5.52 Å². The maximum absolute atomic E-state index is 12.9. The first kappa shape index (κ1) is 11.1.